The van der Waals surface area contributed by atoms with Gasteiger partial charge in [0, 0.05) is 11.0 Å². The Kier molecular flexibility index (Phi) is 5.98. The first-order valence-electron chi connectivity index (χ1n) is 7.02. The summed E-state index contributed by atoms with van der Waals surface area (Å²) in [4.78, 5) is 12.0. The van der Waals surface area contributed by atoms with Crippen molar-refractivity contribution in [1.82, 2.24) is 5.32 Å². The van der Waals surface area contributed by atoms with Gasteiger partial charge in [0.05, 0.1) is 7.11 Å². The van der Waals surface area contributed by atoms with Gasteiger partial charge in [0.2, 0.25) is 0 Å². The molecule has 0 heterocycles. The maximum absolute atomic E-state index is 13.7. The van der Waals surface area contributed by atoms with Crippen LogP contribution in [0.4, 0.5) is 4.39 Å². The number of carbonyl (C=O) groups is 1. The van der Waals surface area contributed by atoms with Crippen molar-refractivity contribution >= 4 is 21.8 Å². The number of nitrogens with one attached hydrogen (secondary N) is 1. The van der Waals surface area contributed by atoms with Crippen LogP contribution < -0.4 is 14.8 Å². The van der Waals surface area contributed by atoms with Crippen LogP contribution in [0.15, 0.2) is 46.9 Å². The zero-order valence-electron chi connectivity index (χ0n) is 12.8. The van der Waals surface area contributed by atoms with E-state index in [1.54, 1.807) is 20.1 Å². The molecule has 0 spiro atoms. The minimum atomic E-state index is -0.802. The van der Waals surface area contributed by atoms with E-state index >= 15 is 0 Å². The van der Waals surface area contributed by atoms with Gasteiger partial charge in [0.15, 0.2) is 17.7 Å². The highest BCUT2D eigenvalue weighted by molar-refractivity contribution is 9.10. The van der Waals surface area contributed by atoms with Crippen LogP contribution in [0, 0.1) is 5.82 Å². The zero-order valence-corrected chi connectivity index (χ0v) is 14.4. The Labute approximate surface area is 142 Å². The van der Waals surface area contributed by atoms with E-state index in [0.717, 1.165) is 11.3 Å². The summed E-state index contributed by atoms with van der Waals surface area (Å²) < 4.78 is 24.7. The summed E-state index contributed by atoms with van der Waals surface area (Å²) in [5, 5.41) is 2.75. The fourth-order valence-corrected chi connectivity index (χ4v) is 2.22. The van der Waals surface area contributed by atoms with Crippen molar-refractivity contribution < 1.29 is 18.7 Å². The minimum Gasteiger partial charge on any atom is -0.497 e. The molecule has 0 radical (unpaired) electrons. The van der Waals surface area contributed by atoms with E-state index < -0.39 is 11.9 Å². The van der Waals surface area contributed by atoms with Crippen LogP contribution in [-0.2, 0) is 11.3 Å². The van der Waals surface area contributed by atoms with Gasteiger partial charge in [-0.15, -0.1) is 0 Å². The predicted octanol–water partition coefficient (Wildman–Crippen LogP) is 3.68. The van der Waals surface area contributed by atoms with E-state index in [9.17, 15) is 9.18 Å². The SMILES string of the molecule is COc1ccc(CNC(=O)[C@@H](C)Oc2ccc(Br)cc2F)cc1. The molecule has 0 saturated heterocycles. The Morgan fingerprint density at radius 2 is 1.96 bits per heavy atom. The smallest absolute Gasteiger partial charge is 0.261 e. The summed E-state index contributed by atoms with van der Waals surface area (Å²) in [7, 11) is 1.59. The van der Waals surface area contributed by atoms with Crippen LogP contribution in [-0.4, -0.2) is 19.1 Å². The lowest BCUT2D eigenvalue weighted by atomic mass is 10.2. The number of benzene rings is 2. The average Bonchev–Trinajstić information content (AvgIpc) is 2.55. The molecular weight excluding hydrogens is 365 g/mol. The second-order valence-electron chi connectivity index (χ2n) is 4.90. The van der Waals surface area contributed by atoms with Gasteiger partial charge in [-0.3, -0.25) is 4.79 Å². The highest BCUT2D eigenvalue weighted by Gasteiger charge is 2.16. The van der Waals surface area contributed by atoms with Crippen LogP contribution in [0.2, 0.25) is 0 Å². The maximum atomic E-state index is 13.7. The van der Waals surface area contributed by atoms with Crippen molar-refractivity contribution in [3.05, 3.63) is 58.3 Å². The largest absolute Gasteiger partial charge is 0.497 e. The molecule has 0 unspecified atom stereocenters. The molecule has 4 nitrogen and oxygen atoms in total. The molecule has 0 aliphatic heterocycles. The summed E-state index contributed by atoms with van der Waals surface area (Å²) >= 11 is 3.17. The Balaban J connectivity index is 1.89. The standard InChI is InChI=1S/C17H17BrFNO3/c1-11(23-16-8-5-13(18)9-15(16)19)17(21)20-10-12-3-6-14(22-2)7-4-12/h3-9,11H,10H2,1-2H3,(H,20,21)/t11-/m1/s1. The van der Waals surface area contributed by atoms with Crippen molar-refractivity contribution in [1.29, 1.82) is 0 Å². The van der Waals surface area contributed by atoms with Gasteiger partial charge in [-0.05, 0) is 42.8 Å². The second kappa shape index (κ2) is 7.97. The molecule has 2 aromatic carbocycles. The maximum Gasteiger partial charge on any atom is 0.261 e. The quantitative estimate of drug-likeness (QED) is 0.829. The van der Waals surface area contributed by atoms with E-state index in [-0.39, 0.29) is 11.7 Å². The van der Waals surface area contributed by atoms with Crippen LogP contribution >= 0.6 is 15.9 Å². The molecule has 1 amide bonds. The monoisotopic (exact) mass is 381 g/mol. The first kappa shape index (κ1) is 17.3. The summed E-state index contributed by atoms with van der Waals surface area (Å²) in [5.74, 6) is -0.0416. The molecule has 6 heteroatoms. The number of methoxy groups -OCH3 is 1. The molecule has 1 atom stereocenters. The van der Waals surface area contributed by atoms with Gasteiger partial charge in [-0.2, -0.15) is 0 Å². The van der Waals surface area contributed by atoms with Crippen molar-refractivity contribution in [2.75, 3.05) is 7.11 Å². The minimum absolute atomic E-state index is 0.0419. The van der Waals surface area contributed by atoms with Gasteiger partial charge in [-0.25, -0.2) is 4.39 Å². The molecule has 1 N–H and O–H groups in total. The summed E-state index contributed by atoms with van der Waals surface area (Å²) in [5.41, 5.74) is 0.932. The average molecular weight is 382 g/mol. The topological polar surface area (TPSA) is 47.6 Å². The van der Waals surface area contributed by atoms with Crippen LogP contribution in [0.1, 0.15) is 12.5 Å². The van der Waals surface area contributed by atoms with Crippen LogP contribution in [0.25, 0.3) is 0 Å². The zero-order chi connectivity index (χ0) is 16.8. The molecule has 122 valence electrons. The lowest BCUT2D eigenvalue weighted by molar-refractivity contribution is -0.127. The molecular formula is C17H17BrFNO3. The lowest BCUT2D eigenvalue weighted by Crippen LogP contribution is -2.36. The molecule has 0 bridgehead atoms. The van der Waals surface area contributed by atoms with Crippen molar-refractivity contribution in [3.63, 3.8) is 0 Å². The molecule has 0 aromatic heterocycles. The second-order valence-corrected chi connectivity index (χ2v) is 5.82. The number of ether oxygens (including phenoxy) is 2. The number of carbonyl (C=O) groups excluding carboxylic acids is 1. The normalized spacial score (nSPS) is 11.7. The van der Waals surface area contributed by atoms with Gasteiger partial charge in [0.25, 0.3) is 5.91 Å². The van der Waals surface area contributed by atoms with Crippen molar-refractivity contribution in [3.8, 4) is 11.5 Å². The molecule has 0 aliphatic carbocycles. The molecule has 2 rings (SSSR count). The van der Waals surface area contributed by atoms with Gasteiger partial charge in [-0.1, -0.05) is 28.1 Å². The number of hydrogen-bond donors (Lipinski definition) is 1. The van der Waals surface area contributed by atoms with Crippen LogP contribution in [0.5, 0.6) is 11.5 Å². The van der Waals surface area contributed by atoms with E-state index in [1.165, 1.54) is 12.1 Å². The van der Waals surface area contributed by atoms with Crippen molar-refractivity contribution in [2.24, 2.45) is 0 Å². The lowest BCUT2D eigenvalue weighted by Gasteiger charge is -2.15. The van der Waals surface area contributed by atoms with Gasteiger partial charge in [0.1, 0.15) is 5.75 Å². The Bertz CT molecular complexity index is 676. The molecule has 0 aliphatic rings. The summed E-state index contributed by atoms with van der Waals surface area (Å²) in [6.45, 7) is 1.93. The van der Waals surface area contributed by atoms with E-state index in [0.29, 0.717) is 11.0 Å². The third-order valence-corrected chi connectivity index (χ3v) is 3.69. The van der Waals surface area contributed by atoms with Gasteiger partial charge < -0.3 is 14.8 Å². The first-order chi connectivity index (χ1) is 11.0. The van der Waals surface area contributed by atoms with Crippen LogP contribution in [0.3, 0.4) is 0 Å². The molecule has 23 heavy (non-hydrogen) atoms. The van der Waals surface area contributed by atoms with E-state index in [4.69, 9.17) is 9.47 Å². The number of amides is 1. The number of halogens is 2. The Hall–Kier alpha value is -2.08. The summed E-state index contributed by atoms with van der Waals surface area (Å²) in [6.07, 6.45) is -0.802. The number of hydrogen-bond acceptors (Lipinski definition) is 3. The van der Waals surface area contributed by atoms with E-state index in [2.05, 4.69) is 21.2 Å². The number of rotatable bonds is 6. The summed E-state index contributed by atoms with van der Waals surface area (Å²) in [6, 6.07) is 11.8. The third-order valence-electron chi connectivity index (χ3n) is 3.19. The predicted molar refractivity (Wildman–Crippen MR) is 89.0 cm³/mol. The molecule has 0 fully saturated rings. The van der Waals surface area contributed by atoms with Gasteiger partial charge >= 0.3 is 0 Å². The fraction of sp³-hybridized carbons (Fsp3) is 0.235. The first-order valence-corrected chi connectivity index (χ1v) is 7.81. The molecule has 0 saturated carbocycles. The fourth-order valence-electron chi connectivity index (χ4n) is 1.89. The van der Waals surface area contributed by atoms with E-state index in [1.807, 2.05) is 24.3 Å². The highest BCUT2D eigenvalue weighted by Crippen LogP contribution is 2.22. The van der Waals surface area contributed by atoms with Crippen molar-refractivity contribution in [2.45, 2.75) is 19.6 Å². The highest BCUT2D eigenvalue weighted by atomic mass is 79.9. The Morgan fingerprint density at radius 1 is 1.26 bits per heavy atom. The third kappa shape index (κ3) is 4.96. The molecule has 2 aromatic rings. The Morgan fingerprint density at radius 3 is 2.57 bits per heavy atom.